The highest BCUT2D eigenvalue weighted by Crippen LogP contribution is 2.27. The molecule has 0 aliphatic carbocycles. The predicted octanol–water partition coefficient (Wildman–Crippen LogP) is 2.42. The Morgan fingerprint density at radius 3 is 1.33 bits per heavy atom. The molecule has 0 radical (unpaired) electrons. The lowest BCUT2D eigenvalue weighted by Gasteiger charge is -2.32. The van der Waals surface area contributed by atoms with Crippen LogP contribution in [0.3, 0.4) is 0 Å². The van der Waals surface area contributed by atoms with Crippen LogP contribution in [0.15, 0.2) is 122 Å². The molecule has 0 unspecified atom stereocenters. The van der Waals surface area contributed by atoms with Gasteiger partial charge >= 0.3 is 5.97 Å². The van der Waals surface area contributed by atoms with Crippen LogP contribution in [0.2, 0.25) is 0 Å². The van der Waals surface area contributed by atoms with Gasteiger partial charge in [0.05, 0.1) is 6.04 Å². The van der Waals surface area contributed by atoms with Crippen molar-refractivity contribution in [2.45, 2.75) is 203 Å². The van der Waals surface area contributed by atoms with E-state index in [4.69, 9.17) is 28.3 Å². The number of hydrogen-bond acceptors (Lipinski definition) is 15. The molecule has 2 aliphatic rings. The van der Waals surface area contributed by atoms with Gasteiger partial charge in [-0.05, 0) is 136 Å². The number of nitrogens with two attached hydrogens (primary N) is 4. The van der Waals surface area contributed by atoms with Crippen LogP contribution >= 0.6 is 0 Å². The standard InChI is InChI=1S/C81H109N19O13/c1-46(2)37-61(71(103)98-66(80(112)113)38-47(3)4)93-74(106)64(41-50-44-89-57-26-12-9-22-53(50)57)96-72(104)62(39-48-19-6-5-7-20-48)94-75(107)63(40-49-43-88-56-25-11-8-21-52(49)56)95-70(102)59(31-32-69(84)101)91-73(105)65(42-51-45-90-58-27-13-10-23-54(51)58)97-77(109)68-30-18-36-100(68)79(111)60(28-14-15-33-82)92-76(108)67-29-17-35-99(67)78(110)55(83)24-16-34-87-81(85)86/h5-13,19-23,25-27,43-47,55,59-68,88-90H,14-18,24,28-42,82-83H2,1-4H3,(H2,84,101)(H,91,105)(H,92,108)(H,93,106)(H,94,107)(H,95,102)(H,96,104)(H,97,109)(H,98,103)(H,112,113)(H4,85,86,87)/t55-,59+,60+,61+,62+,63-,64-,65-,66+,67+,68+/m1/s1. The molecule has 32 heteroatoms. The number of hydrogen-bond donors (Lipinski definition) is 18. The summed E-state index contributed by atoms with van der Waals surface area (Å²) in [6.07, 6.45) is 6.71. The molecule has 2 fully saturated rings. The normalized spacial score (nSPS) is 16.6. The number of nitrogens with zero attached hydrogens (tertiary/aromatic N) is 2. The maximum Gasteiger partial charge on any atom is 0.326 e. The number of primary amides is 1. The van der Waals surface area contributed by atoms with Gasteiger partial charge in [0.1, 0.15) is 60.4 Å². The second-order valence-corrected chi connectivity index (χ2v) is 30.2. The number of aromatic amines is 3. The molecule has 11 amide bonds. The highest BCUT2D eigenvalue weighted by Gasteiger charge is 2.43. The molecular formula is C81H109N19O13. The number of fused-ring (bicyclic) bond motifs is 3. The van der Waals surface area contributed by atoms with Crippen molar-refractivity contribution in [2.75, 3.05) is 26.2 Å². The van der Waals surface area contributed by atoms with Crippen LogP contribution in [0.1, 0.15) is 133 Å². The first-order valence-corrected chi connectivity index (χ1v) is 38.9. The Balaban J connectivity index is 0.990. The second kappa shape index (κ2) is 41.0. The molecule has 113 heavy (non-hydrogen) atoms. The molecule has 5 heterocycles. The molecule has 7 aromatic rings. The minimum absolute atomic E-state index is 0.0896. The van der Waals surface area contributed by atoms with E-state index in [2.05, 4.69) is 62.8 Å². The molecule has 3 aromatic heterocycles. The summed E-state index contributed by atoms with van der Waals surface area (Å²) in [6.45, 7) is 8.27. The maximum absolute atomic E-state index is 15.6. The van der Waals surface area contributed by atoms with Gasteiger partial charge in [0.25, 0.3) is 0 Å². The fraction of sp³-hybridized carbons (Fsp3) is 0.469. The Labute approximate surface area is 655 Å². The Morgan fingerprint density at radius 1 is 0.469 bits per heavy atom. The average molecular weight is 1560 g/mol. The highest BCUT2D eigenvalue weighted by atomic mass is 16.4. The molecule has 9 rings (SSSR count). The number of unbranched alkanes of at least 4 members (excludes halogenated alkanes) is 1. The number of para-hydroxylation sites is 3. The first-order chi connectivity index (χ1) is 54.2. The van der Waals surface area contributed by atoms with Gasteiger partial charge in [0.15, 0.2) is 5.96 Å². The molecular weight excluding hydrogens is 1450 g/mol. The summed E-state index contributed by atoms with van der Waals surface area (Å²) in [6, 6.07) is 16.1. The second-order valence-electron chi connectivity index (χ2n) is 30.2. The van der Waals surface area contributed by atoms with E-state index in [-0.39, 0.29) is 88.7 Å². The van der Waals surface area contributed by atoms with Crippen molar-refractivity contribution < 1.29 is 62.6 Å². The van der Waals surface area contributed by atoms with E-state index < -0.39 is 150 Å². The van der Waals surface area contributed by atoms with E-state index in [1.807, 2.05) is 82.3 Å². The molecule has 4 aromatic carbocycles. The first-order valence-electron chi connectivity index (χ1n) is 38.9. The first kappa shape index (κ1) is 85.3. The lowest BCUT2D eigenvalue weighted by Crippen LogP contribution is -2.61. The van der Waals surface area contributed by atoms with Crippen LogP contribution in [-0.2, 0) is 83.2 Å². The minimum atomic E-state index is -1.64. The summed E-state index contributed by atoms with van der Waals surface area (Å²) in [5, 5.41) is 44.9. The smallest absolute Gasteiger partial charge is 0.326 e. The molecule has 2 saturated heterocycles. The fourth-order valence-electron chi connectivity index (χ4n) is 14.8. The van der Waals surface area contributed by atoms with Crippen LogP contribution in [-0.4, -0.2) is 199 Å². The zero-order valence-electron chi connectivity index (χ0n) is 64.5. The number of amides is 11. The summed E-state index contributed by atoms with van der Waals surface area (Å²) in [4.78, 5) is 186. The zero-order chi connectivity index (χ0) is 81.4. The number of carboxylic acid groups (broad SMARTS) is 1. The number of H-pyrrole nitrogens is 3. The molecule has 0 spiro atoms. The van der Waals surface area contributed by atoms with E-state index >= 15 is 28.8 Å². The third-order valence-corrected chi connectivity index (χ3v) is 20.6. The van der Waals surface area contributed by atoms with Gasteiger partial charge in [0, 0.05) is 103 Å². The average Bonchev–Trinajstić information content (AvgIpc) is 1.72. The fourth-order valence-corrected chi connectivity index (χ4v) is 14.8. The van der Waals surface area contributed by atoms with E-state index in [1.165, 1.54) is 9.80 Å². The van der Waals surface area contributed by atoms with Crippen LogP contribution in [0.25, 0.3) is 32.7 Å². The van der Waals surface area contributed by atoms with E-state index in [1.54, 1.807) is 67.1 Å². The van der Waals surface area contributed by atoms with Crippen LogP contribution in [0.5, 0.6) is 0 Å². The maximum atomic E-state index is 15.6. The van der Waals surface area contributed by atoms with Gasteiger partial charge in [-0.15, -0.1) is 0 Å². The molecule has 0 bridgehead atoms. The minimum Gasteiger partial charge on any atom is -0.480 e. The van der Waals surface area contributed by atoms with Crippen molar-refractivity contribution >= 4 is 110 Å². The number of carbonyl (C=O) groups is 12. The van der Waals surface area contributed by atoms with Crippen molar-refractivity contribution in [3.8, 4) is 0 Å². The number of guanidine groups is 1. The zero-order valence-corrected chi connectivity index (χ0v) is 64.5. The molecule has 0 saturated carbocycles. The van der Waals surface area contributed by atoms with Crippen molar-refractivity contribution in [1.82, 2.24) is 72.6 Å². The number of rotatable bonds is 42. The molecule has 606 valence electrons. The number of carboxylic acids is 1. The molecule has 11 atom stereocenters. The van der Waals surface area contributed by atoms with Gasteiger partial charge < -0.3 is 101 Å². The van der Waals surface area contributed by atoms with E-state index in [0.717, 1.165) is 10.9 Å². The molecule has 32 nitrogen and oxygen atoms in total. The van der Waals surface area contributed by atoms with Gasteiger partial charge in [0.2, 0.25) is 65.0 Å². The number of aromatic nitrogens is 3. The van der Waals surface area contributed by atoms with Crippen molar-refractivity contribution in [1.29, 1.82) is 5.41 Å². The number of aliphatic carboxylic acids is 1. The van der Waals surface area contributed by atoms with Gasteiger partial charge in [-0.3, -0.25) is 58.1 Å². The van der Waals surface area contributed by atoms with Crippen molar-refractivity contribution in [3.05, 3.63) is 144 Å². The topological polar surface area (TPSA) is 515 Å². The number of benzene rings is 4. The predicted molar refractivity (Wildman–Crippen MR) is 426 cm³/mol. The van der Waals surface area contributed by atoms with Crippen LogP contribution < -0.4 is 70.8 Å². The number of carbonyl (C=O) groups excluding carboxylic acids is 11. The lowest BCUT2D eigenvalue weighted by atomic mass is 9.98. The SMILES string of the molecule is CC(C)C[C@H](NC(=O)[C@H](CC(C)C)NC(=O)[C@@H](Cc1c[nH]c2ccccc12)NC(=O)[C@H](Cc1ccccc1)NC(=O)[C@@H](Cc1c[nH]c2ccccc12)NC(=O)[C@H](CCC(N)=O)NC(=O)[C@@H](Cc1c[nH]c2ccccc12)NC(=O)[C@@H]1CCCN1C(=O)[C@H](CCCCN)NC(=O)[C@@H]1CCCN1C(=O)[C@H](N)CCCNC(=N)N)C(=O)O. The quantitative estimate of drug-likeness (QED) is 0.0148. The third-order valence-electron chi connectivity index (χ3n) is 20.6. The number of likely N-dealkylation sites (tertiary alicyclic amines) is 2. The monoisotopic (exact) mass is 1560 g/mol. The Bertz CT molecular complexity index is 4500. The largest absolute Gasteiger partial charge is 0.480 e. The third kappa shape index (κ3) is 23.9. The van der Waals surface area contributed by atoms with Gasteiger partial charge in [-0.25, -0.2) is 4.79 Å². The summed E-state index contributed by atoms with van der Waals surface area (Å²) >= 11 is 0. The highest BCUT2D eigenvalue weighted by molar-refractivity contribution is 6.01. The Morgan fingerprint density at radius 2 is 0.867 bits per heavy atom. The summed E-state index contributed by atoms with van der Waals surface area (Å²) < 4.78 is 0. The Kier molecular flexibility index (Phi) is 31.0. The van der Waals surface area contributed by atoms with E-state index in [9.17, 15) is 33.9 Å². The van der Waals surface area contributed by atoms with Crippen molar-refractivity contribution in [3.63, 3.8) is 0 Å². The number of nitrogens with one attached hydrogen (secondary N) is 13. The molecule has 2 aliphatic heterocycles. The van der Waals surface area contributed by atoms with E-state index in [0.29, 0.717) is 95.7 Å². The lowest BCUT2D eigenvalue weighted by molar-refractivity contribution is -0.144. The van der Waals surface area contributed by atoms with Crippen LogP contribution in [0, 0.1) is 17.2 Å². The van der Waals surface area contributed by atoms with Crippen LogP contribution in [0.4, 0.5) is 0 Å². The van der Waals surface area contributed by atoms with Gasteiger partial charge in [-0.1, -0.05) is 113 Å². The molecule has 22 N–H and O–H groups in total. The van der Waals surface area contributed by atoms with Gasteiger partial charge in [-0.2, -0.15) is 0 Å². The van der Waals surface area contributed by atoms with Crippen molar-refractivity contribution in [2.24, 2.45) is 34.8 Å². The summed E-state index contributed by atoms with van der Waals surface area (Å²) in [5.41, 5.74) is 27.8. The Hall–Kier alpha value is -11.7. The summed E-state index contributed by atoms with van der Waals surface area (Å²) in [7, 11) is 0. The summed E-state index contributed by atoms with van der Waals surface area (Å²) in [5.74, 6) is -10.1.